The fourth-order valence-electron chi connectivity index (χ4n) is 4.04. The molecule has 0 atom stereocenters. The molecule has 0 aliphatic carbocycles. The van der Waals surface area contributed by atoms with Gasteiger partial charge in [0.25, 0.3) is 11.6 Å². The van der Waals surface area contributed by atoms with E-state index in [1.165, 1.54) is 22.5 Å². The normalized spacial score (nSPS) is 14.2. The van der Waals surface area contributed by atoms with Crippen LogP contribution in [-0.4, -0.2) is 65.7 Å². The molecule has 3 aromatic rings. The minimum Gasteiger partial charge on any atom is -0.488 e. The molecule has 0 saturated carbocycles. The molecule has 0 bridgehead atoms. The van der Waals surface area contributed by atoms with Crippen molar-refractivity contribution in [3.63, 3.8) is 0 Å². The number of ether oxygens (including phenoxy) is 1. The maximum absolute atomic E-state index is 13.0. The van der Waals surface area contributed by atoms with Crippen molar-refractivity contribution in [3.8, 4) is 5.75 Å². The van der Waals surface area contributed by atoms with Crippen molar-refractivity contribution >= 4 is 59.3 Å². The largest absolute Gasteiger partial charge is 0.488 e. The summed E-state index contributed by atoms with van der Waals surface area (Å²) in [5.74, 6) is 0.124. The third kappa shape index (κ3) is 6.72. The molecule has 0 unspecified atom stereocenters. The zero-order valence-corrected chi connectivity index (χ0v) is 24.4. The van der Waals surface area contributed by atoms with E-state index in [0.29, 0.717) is 16.9 Å². The van der Waals surface area contributed by atoms with Crippen molar-refractivity contribution < 1.29 is 27.7 Å². The quantitative estimate of drug-likeness (QED) is 0.139. The van der Waals surface area contributed by atoms with Gasteiger partial charge in [0.15, 0.2) is 5.78 Å². The van der Waals surface area contributed by atoms with E-state index >= 15 is 0 Å². The second-order valence-corrected chi connectivity index (χ2v) is 12.0. The summed E-state index contributed by atoms with van der Waals surface area (Å²) in [6.45, 7) is 0.723. The summed E-state index contributed by atoms with van der Waals surface area (Å²) in [7, 11) is -3.93. The second kappa shape index (κ2) is 12.4. The molecule has 1 aliphatic heterocycles. The molecule has 13 heteroatoms. The Morgan fingerprint density at radius 2 is 1.67 bits per heavy atom. The van der Waals surface area contributed by atoms with E-state index in [4.69, 9.17) is 4.74 Å². The fraction of sp³-hybridized carbons (Fsp3) is 0.231. The van der Waals surface area contributed by atoms with Crippen LogP contribution in [0, 0.1) is 10.1 Å². The van der Waals surface area contributed by atoms with Gasteiger partial charge in [0.2, 0.25) is 10.0 Å². The van der Waals surface area contributed by atoms with Crippen molar-refractivity contribution in [1.29, 1.82) is 0 Å². The number of non-ortho nitro benzene ring substituents is 1. The van der Waals surface area contributed by atoms with Gasteiger partial charge >= 0.3 is 0 Å². The predicted molar refractivity (Wildman–Crippen MR) is 151 cm³/mol. The van der Waals surface area contributed by atoms with Crippen LogP contribution in [0.15, 0.2) is 76.1 Å². The summed E-state index contributed by atoms with van der Waals surface area (Å²) in [5.41, 5.74) is 1.41. The van der Waals surface area contributed by atoms with Crippen LogP contribution in [0.3, 0.4) is 0 Å². The molecule has 0 aromatic heterocycles. The number of rotatable bonds is 9. The number of sulfonamides is 1. The van der Waals surface area contributed by atoms with Crippen molar-refractivity contribution in [2.45, 2.75) is 11.5 Å². The van der Waals surface area contributed by atoms with E-state index in [9.17, 15) is 28.1 Å². The van der Waals surface area contributed by atoms with Gasteiger partial charge < -0.3 is 9.64 Å². The lowest BCUT2D eigenvalue weighted by Gasteiger charge is -2.34. The Hall–Kier alpha value is -3.13. The number of ketones is 1. The zero-order chi connectivity index (χ0) is 28.2. The van der Waals surface area contributed by atoms with Crippen LogP contribution in [0.1, 0.15) is 26.3 Å². The minimum atomic E-state index is -3.93. The highest BCUT2D eigenvalue weighted by Crippen LogP contribution is 2.26. The molecular weight excluding hydrogens is 658 g/mol. The Balaban J connectivity index is 1.36. The monoisotopic (exact) mass is 679 g/mol. The predicted octanol–water partition coefficient (Wildman–Crippen LogP) is 4.66. The Morgan fingerprint density at radius 3 is 2.31 bits per heavy atom. The molecule has 0 spiro atoms. The number of nitrogens with zero attached hydrogens (tertiary/aromatic N) is 3. The maximum Gasteiger partial charge on any atom is 0.270 e. The molecule has 3 aromatic carbocycles. The van der Waals surface area contributed by atoms with E-state index in [1.807, 2.05) is 0 Å². The van der Waals surface area contributed by atoms with Crippen LogP contribution in [0.25, 0.3) is 0 Å². The van der Waals surface area contributed by atoms with Crippen molar-refractivity contribution in [3.05, 3.63) is 98.0 Å². The van der Waals surface area contributed by atoms with E-state index < -0.39 is 14.9 Å². The molecule has 39 heavy (non-hydrogen) atoms. The van der Waals surface area contributed by atoms with Crippen molar-refractivity contribution in [1.82, 2.24) is 9.21 Å². The third-order valence-corrected chi connectivity index (χ3v) is 9.05. The molecule has 1 aliphatic rings. The number of hydrogen-bond donors (Lipinski definition) is 0. The summed E-state index contributed by atoms with van der Waals surface area (Å²) in [6, 6.07) is 17.0. The van der Waals surface area contributed by atoms with Gasteiger partial charge in [-0.15, -0.1) is 0 Å². The molecule has 1 saturated heterocycles. The first-order valence-electron chi connectivity index (χ1n) is 11.7. The van der Waals surface area contributed by atoms with Gasteiger partial charge in [0, 0.05) is 48.3 Å². The second-order valence-electron chi connectivity index (χ2n) is 8.63. The molecule has 1 heterocycles. The zero-order valence-electron chi connectivity index (χ0n) is 20.5. The number of nitro groups is 1. The van der Waals surface area contributed by atoms with E-state index in [0.717, 1.165) is 16.1 Å². The summed E-state index contributed by atoms with van der Waals surface area (Å²) in [5, 5.41) is 11.2. The molecule has 0 N–H and O–H groups in total. The number of carbonyl (C=O) groups is 2. The van der Waals surface area contributed by atoms with Gasteiger partial charge in [-0.05, 0) is 42.0 Å². The summed E-state index contributed by atoms with van der Waals surface area (Å²) in [6.07, 6.45) is 0. The smallest absolute Gasteiger partial charge is 0.270 e. The SMILES string of the molecule is O=C(CBr)c1cc(Br)ccc1OCc1ccc(C(=O)N2CCN(S(=O)(=O)c3cccc([N+](=O)[O-])c3)CC2)cc1. The first kappa shape index (κ1) is 28.9. The van der Waals surface area contributed by atoms with Crippen LogP contribution in [0.4, 0.5) is 5.69 Å². The van der Waals surface area contributed by atoms with Crippen LogP contribution in [0.5, 0.6) is 5.75 Å². The lowest BCUT2D eigenvalue weighted by Crippen LogP contribution is -2.50. The summed E-state index contributed by atoms with van der Waals surface area (Å²) >= 11 is 6.54. The first-order valence-corrected chi connectivity index (χ1v) is 15.1. The topological polar surface area (TPSA) is 127 Å². The summed E-state index contributed by atoms with van der Waals surface area (Å²) < 4.78 is 33.8. The van der Waals surface area contributed by atoms with Gasteiger partial charge in [0.1, 0.15) is 12.4 Å². The van der Waals surface area contributed by atoms with Crippen LogP contribution in [0.2, 0.25) is 0 Å². The number of piperazine rings is 1. The van der Waals surface area contributed by atoms with Crippen molar-refractivity contribution in [2.24, 2.45) is 0 Å². The minimum absolute atomic E-state index is 0.0747. The Bertz CT molecular complexity index is 1510. The molecular formula is C26H23Br2N3O7S. The number of halogens is 2. The van der Waals surface area contributed by atoms with Gasteiger partial charge in [-0.25, -0.2) is 8.42 Å². The molecule has 1 amide bonds. The van der Waals surface area contributed by atoms with Gasteiger partial charge in [-0.2, -0.15) is 4.31 Å². The van der Waals surface area contributed by atoms with Gasteiger partial charge in [0.05, 0.1) is 20.7 Å². The maximum atomic E-state index is 13.0. The molecule has 0 radical (unpaired) electrons. The highest BCUT2D eigenvalue weighted by Gasteiger charge is 2.31. The molecule has 10 nitrogen and oxygen atoms in total. The van der Waals surface area contributed by atoms with E-state index in [-0.39, 0.29) is 60.4 Å². The van der Waals surface area contributed by atoms with Crippen LogP contribution >= 0.6 is 31.9 Å². The van der Waals surface area contributed by atoms with Crippen LogP contribution in [-0.2, 0) is 16.6 Å². The lowest BCUT2D eigenvalue weighted by molar-refractivity contribution is -0.385. The number of hydrogen-bond acceptors (Lipinski definition) is 7. The lowest BCUT2D eigenvalue weighted by atomic mass is 10.1. The average Bonchev–Trinajstić information content (AvgIpc) is 2.96. The number of benzene rings is 3. The first-order chi connectivity index (χ1) is 18.6. The van der Waals surface area contributed by atoms with E-state index in [2.05, 4.69) is 31.9 Å². The highest BCUT2D eigenvalue weighted by atomic mass is 79.9. The Labute approximate surface area is 242 Å². The van der Waals surface area contributed by atoms with E-state index in [1.54, 1.807) is 47.4 Å². The Kier molecular flexibility index (Phi) is 9.15. The number of alkyl halides is 1. The number of Topliss-reactive ketones (excluding diaryl/α,β-unsaturated/α-hetero) is 1. The Morgan fingerprint density at radius 1 is 0.974 bits per heavy atom. The van der Waals surface area contributed by atoms with Crippen LogP contribution < -0.4 is 4.74 Å². The number of amides is 1. The molecule has 4 rings (SSSR count). The fourth-order valence-corrected chi connectivity index (χ4v) is 6.17. The van der Waals surface area contributed by atoms with Crippen molar-refractivity contribution in [2.75, 3.05) is 31.5 Å². The standard InChI is InChI=1S/C26H23Br2N3O7S/c27-16-24(32)23-14-20(28)8-9-25(23)38-17-18-4-6-19(7-5-18)26(33)29-10-12-30(13-11-29)39(36,37)22-3-1-2-21(15-22)31(34)35/h1-9,14-15H,10-13,16-17H2. The highest BCUT2D eigenvalue weighted by molar-refractivity contribution is 9.10. The number of nitro benzene ring substituents is 1. The van der Waals surface area contributed by atoms with Gasteiger partial charge in [-0.3, -0.25) is 19.7 Å². The molecule has 204 valence electrons. The molecule has 1 fully saturated rings. The third-order valence-electron chi connectivity index (χ3n) is 6.15. The number of carbonyl (C=O) groups excluding carboxylic acids is 2. The van der Waals surface area contributed by atoms with Gasteiger partial charge in [-0.1, -0.05) is 50.1 Å². The average molecular weight is 681 g/mol. The summed E-state index contributed by atoms with van der Waals surface area (Å²) in [4.78, 5) is 37.0.